The second-order valence-corrected chi connectivity index (χ2v) is 2.71. The van der Waals surface area contributed by atoms with Crippen molar-refractivity contribution in [2.24, 2.45) is 0 Å². The first-order valence-corrected chi connectivity index (χ1v) is 4.43. The Bertz CT molecular complexity index is 187. The van der Waals surface area contributed by atoms with Crippen molar-refractivity contribution in [2.75, 3.05) is 0 Å². The quantitative estimate of drug-likeness (QED) is 0.487. The molecule has 12 heavy (non-hydrogen) atoms. The molecule has 0 atom stereocenters. The van der Waals surface area contributed by atoms with E-state index in [1.807, 2.05) is 13.0 Å². The van der Waals surface area contributed by atoms with Crippen LogP contribution in [-0.2, 0) is 0 Å². The lowest BCUT2D eigenvalue weighted by Gasteiger charge is -2.03. The van der Waals surface area contributed by atoms with Crippen LogP contribution in [0.5, 0.6) is 0 Å². The monoisotopic (exact) mass is 166 g/mol. The van der Waals surface area contributed by atoms with E-state index in [9.17, 15) is 5.11 Å². The van der Waals surface area contributed by atoms with Gasteiger partial charge in [0.2, 0.25) is 0 Å². The predicted molar refractivity (Wildman–Crippen MR) is 54.2 cm³/mol. The summed E-state index contributed by atoms with van der Waals surface area (Å²) in [6, 6.07) is 0. The molecule has 0 aliphatic heterocycles. The van der Waals surface area contributed by atoms with Crippen LogP contribution in [0.4, 0.5) is 0 Å². The molecule has 0 aromatic carbocycles. The Hall–Kier alpha value is -0.980. The molecule has 1 nitrogen and oxygen atoms in total. The standard InChI is InChI=1S/C11H18O/c1-4-7-9-10(8-5-2)11(12)6-3/h5-6,8,12H,2,4,7,9H2,1,3H3/b10-8-,11-6+. The number of aliphatic hydroxyl groups is 1. The zero-order valence-corrected chi connectivity index (χ0v) is 8.01. The summed E-state index contributed by atoms with van der Waals surface area (Å²) in [5.74, 6) is 0.378. The minimum atomic E-state index is 0.378. The molecule has 0 amide bonds. The maximum absolute atomic E-state index is 9.42. The second kappa shape index (κ2) is 6.71. The molecule has 68 valence electrons. The molecule has 0 aromatic heterocycles. The Morgan fingerprint density at radius 2 is 2.17 bits per heavy atom. The minimum absolute atomic E-state index is 0.378. The number of allylic oxidation sites excluding steroid dienone is 4. The van der Waals surface area contributed by atoms with Crippen molar-refractivity contribution in [3.8, 4) is 0 Å². The van der Waals surface area contributed by atoms with Gasteiger partial charge in [-0.2, -0.15) is 0 Å². The smallest absolute Gasteiger partial charge is 0.114 e. The van der Waals surface area contributed by atoms with Crippen molar-refractivity contribution >= 4 is 0 Å². The molecule has 0 bridgehead atoms. The van der Waals surface area contributed by atoms with Crippen molar-refractivity contribution in [1.29, 1.82) is 0 Å². The van der Waals surface area contributed by atoms with Gasteiger partial charge in [-0.3, -0.25) is 0 Å². The lowest BCUT2D eigenvalue weighted by molar-refractivity contribution is 0.416. The zero-order chi connectivity index (χ0) is 9.40. The van der Waals surface area contributed by atoms with Gasteiger partial charge >= 0.3 is 0 Å². The van der Waals surface area contributed by atoms with E-state index in [0.29, 0.717) is 5.76 Å². The zero-order valence-electron chi connectivity index (χ0n) is 8.01. The maximum Gasteiger partial charge on any atom is 0.114 e. The van der Waals surface area contributed by atoms with Crippen LogP contribution < -0.4 is 0 Å². The summed E-state index contributed by atoms with van der Waals surface area (Å²) in [6.07, 6.45) is 8.47. The van der Waals surface area contributed by atoms with Gasteiger partial charge in [0, 0.05) is 0 Å². The minimum Gasteiger partial charge on any atom is -0.508 e. The van der Waals surface area contributed by atoms with E-state index in [4.69, 9.17) is 0 Å². The number of rotatable bonds is 5. The molecule has 0 rings (SSSR count). The molecule has 0 aliphatic rings. The van der Waals surface area contributed by atoms with E-state index in [0.717, 1.165) is 24.8 Å². The van der Waals surface area contributed by atoms with Gasteiger partial charge in [0.15, 0.2) is 0 Å². The Morgan fingerprint density at radius 1 is 1.50 bits per heavy atom. The number of hydrogen-bond acceptors (Lipinski definition) is 1. The second-order valence-electron chi connectivity index (χ2n) is 2.71. The lowest BCUT2D eigenvalue weighted by Crippen LogP contribution is -1.88. The van der Waals surface area contributed by atoms with Crippen LogP contribution in [0.15, 0.2) is 36.1 Å². The van der Waals surface area contributed by atoms with E-state index in [2.05, 4.69) is 13.5 Å². The highest BCUT2D eigenvalue weighted by Crippen LogP contribution is 2.14. The van der Waals surface area contributed by atoms with E-state index in [1.165, 1.54) is 0 Å². The summed E-state index contributed by atoms with van der Waals surface area (Å²) >= 11 is 0. The van der Waals surface area contributed by atoms with E-state index < -0.39 is 0 Å². The fourth-order valence-corrected chi connectivity index (χ4v) is 0.992. The maximum atomic E-state index is 9.42. The third-order valence-corrected chi connectivity index (χ3v) is 1.72. The van der Waals surface area contributed by atoms with E-state index in [-0.39, 0.29) is 0 Å². The summed E-state index contributed by atoms with van der Waals surface area (Å²) < 4.78 is 0. The van der Waals surface area contributed by atoms with Gasteiger partial charge in [0.05, 0.1) is 0 Å². The van der Waals surface area contributed by atoms with E-state index >= 15 is 0 Å². The van der Waals surface area contributed by atoms with Crippen LogP contribution in [0.3, 0.4) is 0 Å². The highest BCUT2D eigenvalue weighted by Gasteiger charge is 1.99. The Labute approximate surface area is 75.1 Å². The van der Waals surface area contributed by atoms with Crippen molar-refractivity contribution < 1.29 is 5.11 Å². The molecule has 0 spiro atoms. The molecule has 0 aliphatic carbocycles. The van der Waals surface area contributed by atoms with Crippen LogP contribution in [0.1, 0.15) is 33.1 Å². The Balaban J connectivity index is 4.24. The fourth-order valence-electron chi connectivity index (χ4n) is 0.992. The van der Waals surface area contributed by atoms with Crippen LogP contribution in [0.2, 0.25) is 0 Å². The molecular formula is C11H18O. The molecular weight excluding hydrogens is 148 g/mol. The highest BCUT2D eigenvalue weighted by molar-refractivity contribution is 5.27. The fraction of sp³-hybridized carbons (Fsp3) is 0.455. The summed E-state index contributed by atoms with van der Waals surface area (Å²) in [6.45, 7) is 7.58. The molecule has 1 N–H and O–H groups in total. The largest absolute Gasteiger partial charge is 0.508 e. The molecule has 0 radical (unpaired) electrons. The van der Waals surface area contributed by atoms with Crippen molar-refractivity contribution in [1.82, 2.24) is 0 Å². The molecule has 1 heteroatoms. The van der Waals surface area contributed by atoms with Gasteiger partial charge < -0.3 is 5.11 Å². The normalized spacial score (nSPS) is 13.2. The first kappa shape index (κ1) is 11.0. The number of hydrogen-bond donors (Lipinski definition) is 1. The Morgan fingerprint density at radius 3 is 2.58 bits per heavy atom. The molecule has 0 aromatic rings. The van der Waals surface area contributed by atoms with Crippen LogP contribution in [0.25, 0.3) is 0 Å². The summed E-state index contributed by atoms with van der Waals surface area (Å²) in [5, 5.41) is 9.42. The third kappa shape index (κ3) is 4.02. The van der Waals surface area contributed by atoms with Crippen LogP contribution in [0, 0.1) is 0 Å². The number of aliphatic hydroxyl groups excluding tert-OH is 1. The SMILES string of the molecule is C=C/C=C(CCCC)\C(O)=C/C. The average Bonchev–Trinajstić information content (AvgIpc) is 2.11. The number of unbranched alkanes of at least 4 members (excludes halogenated alkanes) is 1. The molecule has 0 fully saturated rings. The third-order valence-electron chi connectivity index (χ3n) is 1.72. The van der Waals surface area contributed by atoms with Gasteiger partial charge in [-0.1, -0.05) is 32.1 Å². The van der Waals surface area contributed by atoms with Crippen molar-refractivity contribution in [2.45, 2.75) is 33.1 Å². The predicted octanol–water partition coefficient (Wildman–Crippen LogP) is 3.75. The topological polar surface area (TPSA) is 20.2 Å². The van der Waals surface area contributed by atoms with Crippen molar-refractivity contribution in [3.05, 3.63) is 36.1 Å². The van der Waals surface area contributed by atoms with Gasteiger partial charge in [-0.05, 0) is 31.4 Å². The van der Waals surface area contributed by atoms with E-state index in [1.54, 1.807) is 12.2 Å². The van der Waals surface area contributed by atoms with Gasteiger partial charge in [-0.25, -0.2) is 0 Å². The first-order valence-electron chi connectivity index (χ1n) is 4.43. The average molecular weight is 166 g/mol. The van der Waals surface area contributed by atoms with Gasteiger partial charge in [0.1, 0.15) is 5.76 Å². The Kier molecular flexibility index (Phi) is 6.16. The molecule has 0 saturated carbocycles. The molecule has 0 saturated heterocycles. The highest BCUT2D eigenvalue weighted by atomic mass is 16.3. The summed E-state index contributed by atoms with van der Waals surface area (Å²) in [7, 11) is 0. The molecule has 0 heterocycles. The molecule has 0 unspecified atom stereocenters. The van der Waals surface area contributed by atoms with Gasteiger partial charge in [-0.15, -0.1) is 0 Å². The van der Waals surface area contributed by atoms with Crippen molar-refractivity contribution in [3.63, 3.8) is 0 Å². The summed E-state index contributed by atoms with van der Waals surface area (Å²) in [5.41, 5.74) is 0.981. The lowest BCUT2D eigenvalue weighted by atomic mass is 10.1. The van der Waals surface area contributed by atoms with Crippen LogP contribution in [-0.4, -0.2) is 5.11 Å². The van der Waals surface area contributed by atoms with Crippen LogP contribution >= 0.6 is 0 Å². The van der Waals surface area contributed by atoms with Gasteiger partial charge in [0.25, 0.3) is 0 Å². The summed E-state index contributed by atoms with van der Waals surface area (Å²) in [4.78, 5) is 0. The first-order chi connectivity index (χ1) is 5.76.